The van der Waals surface area contributed by atoms with Crippen LogP contribution in [0.15, 0.2) is 63.8 Å². The SMILES string of the molecule is O=C(c1cc2ccccc2oc1=O)N1CCN(c2ccccc2O)CC1. The minimum Gasteiger partial charge on any atom is -0.506 e. The molecule has 2 aromatic carbocycles. The molecule has 0 saturated carbocycles. The maximum Gasteiger partial charge on any atom is 0.349 e. The van der Waals surface area contributed by atoms with Crippen LogP contribution >= 0.6 is 0 Å². The molecule has 1 amide bonds. The molecule has 3 aromatic rings. The van der Waals surface area contributed by atoms with Crippen LogP contribution in [0.1, 0.15) is 10.4 Å². The molecule has 26 heavy (non-hydrogen) atoms. The molecule has 1 saturated heterocycles. The van der Waals surface area contributed by atoms with E-state index in [1.165, 1.54) is 0 Å². The molecule has 1 fully saturated rings. The van der Waals surface area contributed by atoms with Gasteiger partial charge in [-0.15, -0.1) is 0 Å². The average molecular weight is 350 g/mol. The number of benzene rings is 2. The Morgan fingerprint density at radius 1 is 0.962 bits per heavy atom. The second-order valence-corrected chi connectivity index (χ2v) is 6.25. The summed E-state index contributed by atoms with van der Waals surface area (Å²) in [7, 11) is 0. The van der Waals surface area contributed by atoms with Crippen molar-refractivity contribution in [2.24, 2.45) is 0 Å². The lowest BCUT2D eigenvalue weighted by Crippen LogP contribution is -2.49. The Morgan fingerprint density at radius 3 is 2.42 bits per heavy atom. The van der Waals surface area contributed by atoms with Gasteiger partial charge in [0.1, 0.15) is 16.9 Å². The topological polar surface area (TPSA) is 74.0 Å². The Morgan fingerprint density at radius 2 is 1.65 bits per heavy atom. The summed E-state index contributed by atoms with van der Waals surface area (Å²) in [6.07, 6.45) is 0. The third kappa shape index (κ3) is 2.90. The number of nitrogens with zero attached hydrogens (tertiary/aromatic N) is 2. The molecule has 0 spiro atoms. The summed E-state index contributed by atoms with van der Waals surface area (Å²) in [5.41, 5.74) is 0.666. The van der Waals surface area contributed by atoms with Crippen molar-refractivity contribution in [2.45, 2.75) is 0 Å². The molecule has 6 nitrogen and oxygen atoms in total. The van der Waals surface area contributed by atoms with Crippen molar-refractivity contribution in [1.29, 1.82) is 0 Å². The molecule has 0 unspecified atom stereocenters. The van der Waals surface area contributed by atoms with Crippen LogP contribution in [-0.2, 0) is 0 Å². The predicted molar refractivity (Wildman–Crippen MR) is 98.7 cm³/mol. The lowest BCUT2D eigenvalue weighted by molar-refractivity contribution is 0.0742. The van der Waals surface area contributed by atoms with E-state index in [1.54, 1.807) is 35.2 Å². The van der Waals surface area contributed by atoms with Gasteiger partial charge in [-0.05, 0) is 24.3 Å². The summed E-state index contributed by atoms with van der Waals surface area (Å²) in [4.78, 5) is 28.6. The van der Waals surface area contributed by atoms with Crippen molar-refractivity contribution in [1.82, 2.24) is 4.90 Å². The van der Waals surface area contributed by atoms with Crippen LogP contribution in [0.4, 0.5) is 5.69 Å². The standard InChI is InChI=1S/C20H18N2O4/c23-17-7-3-2-6-16(17)21-9-11-22(12-10-21)19(24)15-13-14-5-1-4-8-18(14)26-20(15)25/h1-8,13,23H,9-12H2. The Labute approximate surface area is 149 Å². The van der Waals surface area contributed by atoms with Gasteiger partial charge in [-0.3, -0.25) is 4.79 Å². The van der Waals surface area contributed by atoms with Crippen molar-refractivity contribution >= 4 is 22.6 Å². The van der Waals surface area contributed by atoms with E-state index in [-0.39, 0.29) is 17.2 Å². The Hall–Kier alpha value is -3.28. The first kappa shape index (κ1) is 16.2. The average Bonchev–Trinajstić information content (AvgIpc) is 2.67. The number of carbonyl (C=O) groups excluding carboxylic acids is 1. The third-order valence-electron chi connectivity index (χ3n) is 4.66. The fraction of sp³-hybridized carbons (Fsp3) is 0.200. The fourth-order valence-electron chi connectivity index (χ4n) is 3.26. The number of fused-ring (bicyclic) bond motifs is 1. The van der Waals surface area contributed by atoms with Gasteiger partial charge in [-0.2, -0.15) is 0 Å². The molecular weight excluding hydrogens is 332 g/mol. The van der Waals surface area contributed by atoms with Crippen LogP contribution in [0.2, 0.25) is 0 Å². The van der Waals surface area contributed by atoms with Gasteiger partial charge in [0.05, 0.1) is 5.69 Å². The van der Waals surface area contributed by atoms with Crippen molar-refractivity contribution in [3.63, 3.8) is 0 Å². The number of para-hydroxylation sites is 3. The number of piperazine rings is 1. The number of phenols is 1. The molecule has 1 aromatic heterocycles. The lowest BCUT2D eigenvalue weighted by Gasteiger charge is -2.36. The number of hydrogen-bond donors (Lipinski definition) is 1. The molecule has 0 bridgehead atoms. The number of phenolic OH excluding ortho intramolecular Hbond substituents is 1. The largest absolute Gasteiger partial charge is 0.506 e. The van der Waals surface area contributed by atoms with Gasteiger partial charge in [0.2, 0.25) is 0 Å². The lowest BCUT2D eigenvalue weighted by atomic mass is 10.1. The summed E-state index contributed by atoms with van der Waals surface area (Å²) in [6, 6.07) is 15.9. The highest BCUT2D eigenvalue weighted by Gasteiger charge is 2.25. The fourth-order valence-corrected chi connectivity index (χ4v) is 3.26. The Balaban J connectivity index is 1.53. The van der Waals surface area contributed by atoms with Crippen molar-refractivity contribution in [3.8, 4) is 5.75 Å². The van der Waals surface area contributed by atoms with Gasteiger partial charge in [0, 0.05) is 31.6 Å². The summed E-state index contributed by atoms with van der Waals surface area (Å²) in [5, 5.41) is 10.7. The smallest absolute Gasteiger partial charge is 0.349 e. The third-order valence-corrected chi connectivity index (χ3v) is 4.66. The molecular formula is C20H18N2O4. The number of amides is 1. The van der Waals surface area contributed by atoms with Gasteiger partial charge in [0.15, 0.2) is 0 Å². The molecule has 0 radical (unpaired) electrons. The summed E-state index contributed by atoms with van der Waals surface area (Å²) in [6.45, 7) is 2.11. The maximum atomic E-state index is 12.8. The van der Waals surface area contributed by atoms with E-state index in [2.05, 4.69) is 0 Å². The molecule has 6 heteroatoms. The number of aromatic hydroxyl groups is 1. The second kappa shape index (κ2) is 6.55. The predicted octanol–water partition coefficient (Wildman–Crippen LogP) is 2.46. The zero-order valence-electron chi connectivity index (χ0n) is 14.1. The van der Waals surface area contributed by atoms with E-state index in [0.29, 0.717) is 31.8 Å². The van der Waals surface area contributed by atoms with Gasteiger partial charge >= 0.3 is 5.63 Å². The minimum atomic E-state index is -0.614. The molecule has 1 N–H and O–H groups in total. The van der Waals surface area contributed by atoms with E-state index in [1.807, 2.05) is 29.2 Å². The van der Waals surface area contributed by atoms with Crippen LogP contribution in [0, 0.1) is 0 Å². The Kier molecular flexibility index (Phi) is 4.08. The van der Waals surface area contributed by atoms with Crippen LogP contribution in [0.3, 0.4) is 0 Å². The van der Waals surface area contributed by atoms with Crippen molar-refractivity contribution in [3.05, 3.63) is 70.6 Å². The quantitative estimate of drug-likeness (QED) is 0.719. The summed E-state index contributed by atoms with van der Waals surface area (Å²) in [5.74, 6) is -0.0936. The molecule has 1 aliphatic heterocycles. The van der Waals surface area contributed by atoms with Crippen LogP contribution < -0.4 is 10.5 Å². The minimum absolute atomic E-state index is 0.0553. The second-order valence-electron chi connectivity index (χ2n) is 6.25. The van der Waals surface area contributed by atoms with Crippen LogP contribution in [-0.4, -0.2) is 42.1 Å². The molecule has 1 aliphatic rings. The number of hydrogen-bond acceptors (Lipinski definition) is 5. The molecule has 0 atom stereocenters. The highest BCUT2D eigenvalue weighted by Crippen LogP contribution is 2.27. The molecule has 4 rings (SSSR count). The zero-order valence-corrected chi connectivity index (χ0v) is 14.1. The summed E-state index contributed by atoms with van der Waals surface area (Å²) >= 11 is 0. The van der Waals surface area contributed by atoms with Crippen molar-refractivity contribution in [2.75, 3.05) is 31.1 Å². The molecule has 0 aliphatic carbocycles. The van der Waals surface area contributed by atoms with Crippen LogP contribution in [0.25, 0.3) is 11.0 Å². The van der Waals surface area contributed by atoms with E-state index < -0.39 is 5.63 Å². The van der Waals surface area contributed by atoms with Crippen LogP contribution in [0.5, 0.6) is 5.75 Å². The first-order valence-electron chi connectivity index (χ1n) is 8.48. The number of anilines is 1. The van der Waals surface area contributed by atoms with Gasteiger partial charge < -0.3 is 19.3 Å². The van der Waals surface area contributed by atoms with E-state index >= 15 is 0 Å². The maximum absolute atomic E-state index is 12.8. The van der Waals surface area contributed by atoms with Crippen molar-refractivity contribution < 1.29 is 14.3 Å². The highest BCUT2D eigenvalue weighted by atomic mass is 16.4. The number of carbonyl (C=O) groups is 1. The van der Waals surface area contributed by atoms with Gasteiger partial charge in [0.25, 0.3) is 5.91 Å². The number of rotatable bonds is 2. The normalized spacial score (nSPS) is 14.6. The first-order valence-corrected chi connectivity index (χ1v) is 8.48. The van der Waals surface area contributed by atoms with Gasteiger partial charge in [-0.1, -0.05) is 30.3 Å². The first-order chi connectivity index (χ1) is 12.6. The summed E-state index contributed by atoms with van der Waals surface area (Å²) < 4.78 is 5.26. The Bertz CT molecular complexity index is 1020. The van der Waals surface area contributed by atoms with E-state index in [9.17, 15) is 14.7 Å². The highest BCUT2D eigenvalue weighted by molar-refractivity contribution is 5.96. The van der Waals surface area contributed by atoms with Gasteiger partial charge in [-0.25, -0.2) is 4.79 Å². The van der Waals surface area contributed by atoms with E-state index in [0.717, 1.165) is 11.1 Å². The zero-order chi connectivity index (χ0) is 18.1. The molecule has 132 valence electrons. The monoisotopic (exact) mass is 350 g/mol. The van der Waals surface area contributed by atoms with E-state index in [4.69, 9.17) is 4.42 Å². The molecule has 2 heterocycles.